The highest BCUT2D eigenvalue weighted by Gasteiger charge is 2.45. The van der Waals surface area contributed by atoms with Crippen LogP contribution in [0.25, 0.3) is 5.57 Å². The van der Waals surface area contributed by atoms with Gasteiger partial charge in [0, 0.05) is 12.0 Å². The smallest absolute Gasteiger partial charge is 0.262 e. The lowest BCUT2D eigenvalue weighted by atomic mass is 9.97. The first-order valence-corrected chi connectivity index (χ1v) is 9.79. The Kier molecular flexibility index (Phi) is 6.22. The number of allylic oxidation sites excluding steroid dienone is 1. The molecule has 1 unspecified atom stereocenters. The van der Waals surface area contributed by atoms with Crippen molar-refractivity contribution in [3.63, 3.8) is 0 Å². The summed E-state index contributed by atoms with van der Waals surface area (Å²) in [5.74, 6) is -3.14. The van der Waals surface area contributed by atoms with E-state index in [-0.39, 0.29) is 29.5 Å². The van der Waals surface area contributed by atoms with Gasteiger partial charge in [-0.2, -0.15) is 0 Å². The number of halogens is 1. The van der Waals surface area contributed by atoms with E-state index in [1.54, 1.807) is 0 Å². The fourth-order valence-corrected chi connectivity index (χ4v) is 3.62. The highest BCUT2D eigenvalue weighted by atomic mass is 19.1. The minimum absolute atomic E-state index is 0.0340. The molecule has 154 valence electrons. The summed E-state index contributed by atoms with van der Waals surface area (Å²) >= 11 is 0. The summed E-state index contributed by atoms with van der Waals surface area (Å²) in [6.45, 7) is 7.68. The molecule has 29 heavy (non-hydrogen) atoms. The quantitative estimate of drug-likeness (QED) is 0.513. The minimum atomic E-state index is -1.07. The second kappa shape index (κ2) is 8.65. The maximum atomic E-state index is 14.6. The van der Waals surface area contributed by atoms with Crippen LogP contribution >= 0.6 is 0 Å². The molecule has 1 aromatic rings. The van der Waals surface area contributed by atoms with Crippen molar-refractivity contribution in [1.29, 1.82) is 0 Å². The van der Waals surface area contributed by atoms with Gasteiger partial charge < -0.3 is 5.32 Å². The molecule has 2 aliphatic heterocycles. The zero-order valence-corrected chi connectivity index (χ0v) is 16.3. The lowest BCUT2D eigenvalue weighted by Crippen LogP contribution is -2.54. The van der Waals surface area contributed by atoms with Crippen molar-refractivity contribution in [3.05, 3.63) is 41.2 Å². The molecule has 2 heterocycles. The van der Waals surface area contributed by atoms with Crippen molar-refractivity contribution in [3.8, 4) is 0 Å². The number of amides is 4. The average molecular weight is 401 g/mol. The van der Waals surface area contributed by atoms with Crippen LogP contribution in [0.1, 0.15) is 65.3 Å². The molecule has 1 aromatic carbocycles. The first-order chi connectivity index (χ1) is 13.8. The molecule has 4 amide bonds. The van der Waals surface area contributed by atoms with Gasteiger partial charge in [-0.25, -0.2) is 4.39 Å². The van der Waals surface area contributed by atoms with Gasteiger partial charge in [-0.15, -0.1) is 0 Å². The lowest BCUT2D eigenvalue weighted by molar-refractivity contribution is -0.136. The second-order valence-electron chi connectivity index (χ2n) is 7.28. The normalized spacial score (nSPS) is 18.8. The highest BCUT2D eigenvalue weighted by molar-refractivity contribution is 6.23. The number of hydrogen-bond acceptors (Lipinski definition) is 5. The molecule has 0 saturated carbocycles. The Morgan fingerprint density at radius 2 is 1.90 bits per heavy atom. The van der Waals surface area contributed by atoms with Gasteiger partial charge in [-0.1, -0.05) is 13.5 Å². The van der Waals surface area contributed by atoms with Crippen LogP contribution in [0.2, 0.25) is 0 Å². The number of fused-ring (bicyclic) bond motifs is 1. The Labute approximate surface area is 168 Å². The molecular formula is C21H24FN3O4. The number of hydrogen-bond donors (Lipinski definition) is 2. The molecule has 1 atom stereocenters. The highest BCUT2D eigenvalue weighted by Crippen LogP contribution is 2.32. The molecule has 0 bridgehead atoms. The number of nitrogens with one attached hydrogen (secondary N) is 2. The summed E-state index contributed by atoms with van der Waals surface area (Å²) in [5, 5.41) is 5.39. The van der Waals surface area contributed by atoms with Crippen LogP contribution in [0.3, 0.4) is 0 Å². The Morgan fingerprint density at radius 3 is 2.55 bits per heavy atom. The van der Waals surface area contributed by atoms with E-state index in [2.05, 4.69) is 24.1 Å². The molecule has 8 heteroatoms. The first kappa shape index (κ1) is 20.9. The number of carbonyl (C=O) groups is 4. The maximum Gasteiger partial charge on any atom is 0.262 e. The van der Waals surface area contributed by atoms with E-state index in [9.17, 15) is 23.6 Å². The van der Waals surface area contributed by atoms with Crippen LogP contribution < -0.4 is 10.6 Å². The SMILES string of the molecule is C=C(CCCNCCC)c1cc2c(cc1F)C(=O)N(C1CCC(=O)NC1=O)C2=O. The fraction of sp³-hybridized carbons (Fsp3) is 0.429. The third-order valence-corrected chi connectivity index (χ3v) is 5.17. The molecule has 0 spiro atoms. The van der Waals surface area contributed by atoms with Gasteiger partial charge in [0.15, 0.2) is 0 Å². The fourth-order valence-electron chi connectivity index (χ4n) is 3.62. The monoisotopic (exact) mass is 401 g/mol. The first-order valence-electron chi connectivity index (χ1n) is 9.79. The van der Waals surface area contributed by atoms with Crippen molar-refractivity contribution in [2.24, 2.45) is 0 Å². The maximum absolute atomic E-state index is 14.6. The van der Waals surface area contributed by atoms with Gasteiger partial charge >= 0.3 is 0 Å². The Bertz CT molecular complexity index is 896. The van der Waals surface area contributed by atoms with Crippen LogP contribution in [0.15, 0.2) is 18.7 Å². The Balaban J connectivity index is 1.78. The summed E-state index contributed by atoms with van der Waals surface area (Å²) in [6, 6.07) is 1.31. The molecule has 0 aliphatic carbocycles. The zero-order chi connectivity index (χ0) is 21.1. The number of piperidine rings is 1. The number of imide groups is 2. The average Bonchev–Trinajstić information content (AvgIpc) is 2.91. The molecule has 2 aliphatic rings. The Morgan fingerprint density at radius 1 is 1.21 bits per heavy atom. The molecule has 1 saturated heterocycles. The van der Waals surface area contributed by atoms with Crippen LogP contribution in [0.4, 0.5) is 4.39 Å². The molecular weight excluding hydrogens is 377 g/mol. The van der Waals surface area contributed by atoms with Gasteiger partial charge in [0.25, 0.3) is 11.8 Å². The van der Waals surface area contributed by atoms with Gasteiger partial charge in [0.1, 0.15) is 11.9 Å². The van der Waals surface area contributed by atoms with Gasteiger partial charge in [-0.05, 0) is 56.5 Å². The van der Waals surface area contributed by atoms with E-state index in [1.807, 2.05) is 0 Å². The number of benzene rings is 1. The van der Waals surface area contributed by atoms with Crippen molar-refractivity contribution < 1.29 is 23.6 Å². The predicted octanol–water partition coefficient (Wildman–Crippen LogP) is 2.02. The molecule has 1 fully saturated rings. The van der Waals surface area contributed by atoms with Crippen LogP contribution in [0.5, 0.6) is 0 Å². The third-order valence-electron chi connectivity index (χ3n) is 5.17. The summed E-state index contributed by atoms with van der Waals surface area (Å²) in [6.07, 6.45) is 2.44. The van der Waals surface area contributed by atoms with Gasteiger partial charge in [-0.3, -0.25) is 29.4 Å². The molecule has 0 radical (unpaired) electrons. The van der Waals surface area contributed by atoms with Crippen molar-refractivity contribution >= 4 is 29.2 Å². The second-order valence-corrected chi connectivity index (χ2v) is 7.28. The summed E-state index contributed by atoms with van der Waals surface area (Å²) in [7, 11) is 0. The molecule has 2 N–H and O–H groups in total. The van der Waals surface area contributed by atoms with Crippen LogP contribution in [-0.4, -0.2) is 47.7 Å². The predicted molar refractivity (Wildman–Crippen MR) is 105 cm³/mol. The van der Waals surface area contributed by atoms with Gasteiger partial charge in [0.2, 0.25) is 11.8 Å². The van der Waals surface area contributed by atoms with E-state index >= 15 is 0 Å². The van der Waals surface area contributed by atoms with Crippen molar-refractivity contribution in [1.82, 2.24) is 15.5 Å². The molecule has 3 rings (SSSR count). The number of carbonyl (C=O) groups excluding carboxylic acids is 4. The largest absolute Gasteiger partial charge is 0.317 e. The van der Waals surface area contributed by atoms with Crippen molar-refractivity contribution in [2.45, 2.75) is 45.1 Å². The summed E-state index contributed by atoms with van der Waals surface area (Å²) in [4.78, 5) is 49.8. The standard InChI is InChI=1S/C21H24FN3O4/c1-3-8-23-9-4-5-12(2)13-10-14-15(11-16(13)22)21(29)25(20(14)28)17-6-7-18(26)24-19(17)27/h10-11,17,23H,2-9H2,1H3,(H,24,26,27). The summed E-state index contributed by atoms with van der Waals surface area (Å²) in [5.41, 5.74) is 0.730. The lowest BCUT2D eigenvalue weighted by Gasteiger charge is -2.27. The van der Waals surface area contributed by atoms with E-state index in [4.69, 9.17) is 0 Å². The molecule has 7 nitrogen and oxygen atoms in total. The minimum Gasteiger partial charge on any atom is -0.317 e. The molecule has 0 aromatic heterocycles. The number of nitrogens with zero attached hydrogens (tertiary/aromatic N) is 1. The van der Waals surface area contributed by atoms with E-state index in [1.165, 1.54) is 6.07 Å². The van der Waals surface area contributed by atoms with Crippen molar-refractivity contribution in [2.75, 3.05) is 13.1 Å². The van der Waals surface area contributed by atoms with Gasteiger partial charge in [0.05, 0.1) is 11.1 Å². The van der Waals surface area contributed by atoms with E-state index in [0.29, 0.717) is 12.0 Å². The topological polar surface area (TPSA) is 95.6 Å². The van der Waals surface area contributed by atoms with E-state index in [0.717, 1.165) is 36.9 Å². The Hall–Kier alpha value is -2.87. The van der Waals surface area contributed by atoms with E-state index < -0.39 is 35.5 Å². The number of rotatable bonds is 8. The zero-order valence-electron chi connectivity index (χ0n) is 16.3. The third kappa shape index (κ3) is 4.12. The summed E-state index contributed by atoms with van der Waals surface area (Å²) < 4.78 is 14.6. The van der Waals surface area contributed by atoms with Crippen LogP contribution in [0, 0.1) is 5.82 Å². The van der Waals surface area contributed by atoms with Crippen LogP contribution in [-0.2, 0) is 9.59 Å².